The number of hydrogen-bond donors (Lipinski definition) is 1. The molecule has 1 aliphatic rings. The van der Waals surface area contributed by atoms with E-state index in [0.717, 1.165) is 34.7 Å². The Morgan fingerprint density at radius 2 is 2.47 bits per heavy atom. The highest BCUT2D eigenvalue weighted by molar-refractivity contribution is 9.10. The zero-order chi connectivity index (χ0) is 11.7. The Morgan fingerprint density at radius 1 is 1.53 bits per heavy atom. The van der Waals surface area contributed by atoms with Crippen molar-refractivity contribution < 1.29 is 4.74 Å². The minimum absolute atomic E-state index is 0.355. The zero-order valence-corrected chi connectivity index (χ0v) is 11.7. The molecule has 0 aliphatic carbocycles. The van der Waals surface area contributed by atoms with E-state index in [-0.39, 0.29) is 0 Å². The molecule has 1 unspecified atom stereocenters. The third kappa shape index (κ3) is 2.61. The van der Waals surface area contributed by atoms with Crippen LogP contribution in [0.2, 0.25) is 0 Å². The van der Waals surface area contributed by atoms with Crippen LogP contribution in [0, 0.1) is 0 Å². The summed E-state index contributed by atoms with van der Waals surface area (Å²) in [7, 11) is 0. The molecule has 3 nitrogen and oxygen atoms in total. The molecule has 0 saturated carbocycles. The topological polar surface area (TPSA) is 34.1 Å². The lowest BCUT2D eigenvalue weighted by Gasteiger charge is -2.08. The molecule has 5 heteroatoms. The van der Waals surface area contributed by atoms with Crippen molar-refractivity contribution in [2.45, 2.75) is 18.9 Å². The first-order chi connectivity index (χ1) is 8.31. The number of fused-ring (bicyclic) bond motifs is 1. The van der Waals surface area contributed by atoms with Gasteiger partial charge in [0.1, 0.15) is 0 Å². The predicted octanol–water partition coefficient (Wildman–Crippen LogP) is 3.65. The van der Waals surface area contributed by atoms with Crippen LogP contribution in [0.1, 0.15) is 12.8 Å². The summed E-state index contributed by atoms with van der Waals surface area (Å²) in [6.07, 6.45) is 2.69. The van der Waals surface area contributed by atoms with Gasteiger partial charge >= 0.3 is 0 Å². The normalized spacial score (nSPS) is 19.9. The van der Waals surface area contributed by atoms with Crippen molar-refractivity contribution in [2.75, 3.05) is 18.5 Å². The lowest BCUT2D eigenvalue weighted by molar-refractivity contribution is 0.120. The molecule has 3 rings (SSSR count). The van der Waals surface area contributed by atoms with E-state index in [9.17, 15) is 0 Å². The number of benzene rings is 1. The molecule has 0 bridgehead atoms. The third-order valence-corrected chi connectivity index (χ3v) is 4.34. The van der Waals surface area contributed by atoms with Crippen molar-refractivity contribution in [2.24, 2.45) is 0 Å². The molecule has 17 heavy (non-hydrogen) atoms. The second-order valence-electron chi connectivity index (χ2n) is 4.15. The first-order valence-corrected chi connectivity index (χ1v) is 7.34. The number of aromatic nitrogens is 1. The van der Waals surface area contributed by atoms with Crippen LogP contribution in [0.25, 0.3) is 10.2 Å². The van der Waals surface area contributed by atoms with E-state index in [2.05, 4.69) is 32.3 Å². The monoisotopic (exact) mass is 312 g/mol. The van der Waals surface area contributed by atoms with Crippen LogP contribution < -0.4 is 5.32 Å². The lowest BCUT2D eigenvalue weighted by Crippen LogP contribution is -2.18. The van der Waals surface area contributed by atoms with Gasteiger partial charge < -0.3 is 10.1 Å². The molecule has 0 radical (unpaired) electrons. The summed E-state index contributed by atoms with van der Waals surface area (Å²) >= 11 is 5.15. The number of thiazole rings is 1. The van der Waals surface area contributed by atoms with Gasteiger partial charge in [0, 0.05) is 17.6 Å². The second kappa shape index (κ2) is 4.92. The van der Waals surface area contributed by atoms with Gasteiger partial charge in [-0.05, 0) is 31.0 Å². The summed E-state index contributed by atoms with van der Waals surface area (Å²) in [5, 5.41) is 4.34. The minimum atomic E-state index is 0.355. The van der Waals surface area contributed by atoms with Gasteiger partial charge in [0.2, 0.25) is 0 Å². The van der Waals surface area contributed by atoms with Crippen molar-refractivity contribution in [1.82, 2.24) is 4.98 Å². The third-order valence-electron chi connectivity index (χ3n) is 2.85. The molecule has 1 N–H and O–H groups in total. The van der Waals surface area contributed by atoms with Crippen molar-refractivity contribution in [3.05, 3.63) is 22.7 Å². The molecule has 2 aromatic rings. The fourth-order valence-corrected chi connectivity index (χ4v) is 3.18. The maximum atomic E-state index is 5.57. The van der Waals surface area contributed by atoms with Crippen LogP contribution in [-0.2, 0) is 4.74 Å². The molecule has 1 aromatic heterocycles. The molecule has 90 valence electrons. The molecule has 1 aliphatic heterocycles. The van der Waals surface area contributed by atoms with Crippen LogP contribution in [0.5, 0.6) is 0 Å². The van der Waals surface area contributed by atoms with Crippen LogP contribution in [0.15, 0.2) is 22.7 Å². The van der Waals surface area contributed by atoms with Crippen LogP contribution in [0.3, 0.4) is 0 Å². The minimum Gasteiger partial charge on any atom is -0.376 e. The molecule has 2 heterocycles. The molecule has 1 fully saturated rings. The van der Waals surface area contributed by atoms with Gasteiger partial charge in [-0.2, -0.15) is 0 Å². The maximum absolute atomic E-state index is 5.57. The number of hydrogen-bond acceptors (Lipinski definition) is 4. The Bertz CT molecular complexity index is 522. The predicted molar refractivity (Wildman–Crippen MR) is 74.8 cm³/mol. The van der Waals surface area contributed by atoms with Crippen molar-refractivity contribution in [1.29, 1.82) is 0 Å². The molecular formula is C12H13BrN2OS. The standard InChI is InChI=1S/C12H13BrN2OS/c13-8-3-4-11-10(6-8)15-12(17-11)14-7-9-2-1-5-16-9/h3-4,6,9H,1-2,5,7H2,(H,14,15). The molecule has 1 atom stereocenters. The lowest BCUT2D eigenvalue weighted by atomic mass is 10.2. The zero-order valence-electron chi connectivity index (χ0n) is 9.28. The largest absolute Gasteiger partial charge is 0.376 e. The van der Waals surface area contributed by atoms with Gasteiger partial charge in [0.05, 0.1) is 16.3 Å². The number of nitrogens with one attached hydrogen (secondary N) is 1. The number of halogens is 1. The van der Waals surface area contributed by atoms with Gasteiger partial charge in [0.15, 0.2) is 5.13 Å². The van der Waals surface area contributed by atoms with Gasteiger partial charge in [-0.15, -0.1) is 0 Å². The molecule has 1 saturated heterocycles. The Hall–Kier alpha value is -0.650. The number of rotatable bonds is 3. The Kier molecular flexibility index (Phi) is 3.31. The highest BCUT2D eigenvalue weighted by atomic mass is 79.9. The molecule has 0 spiro atoms. The number of anilines is 1. The Balaban J connectivity index is 1.72. The quantitative estimate of drug-likeness (QED) is 0.939. The van der Waals surface area contributed by atoms with E-state index in [0.29, 0.717) is 6.10 Å². The smallest absolute Gasteiger partial charge is 0.183 e. The first-order valence-electron chi connectivity index (χ1n) is 5.73. The van der Waals surface area contributed by atoms with E-state index in [1.807, 2.05) is 12.1 Å². The summed E-state index contributed by atoms with van der Waals surface area (Å²) in [5.41, 5.74) is 1.04. The van der Waals surface area contributed by atoms with Crippen molar-refractivity contribution in [3.8, 4) is 0 Å². The fourth-order valence-electron chi connectivity index (χ4n) is 1.98. The highest BCUT2D eigenvalue weighted by Crippen LogP contribution is 2.28. The van der Waals surface area contributed by atoms with Crippen LogP contribution >= 0.6 is 27.3 Å². The van der Waals surface area contributed by atoms with Crippen molar-refractivity contribution in [3.63, 3.8) is 0 Å². The summed E-state index contributed by atoms with van der Waals surface area (Å²) in [5.74, 6) is 0. The summed E-state index contributed by atoms with van der Waals surface area (Å²) in [4.78, 5) is 4.56. The summed E-state index contributed by atoms with van der Waals surface area (Å²) in [6.45, 7) is 1.76. The van der Waals surface area contributed by atoms with E-state index < -0.39 is 0 Å². The molecule has 1 aromatic carbocycles. The van der Waals surface area contributed by atoms with E-state index in [1.54, 1.807) is 11.3 Å². The molecular weight excluding hydrogens is 300 g/mol. The SMILES string of the molecule is Brc1ccc2sc(NCC3CCCO3)nc2c1. The van der Waals surface area contributed by atoms with Gasteiger partial charge in [0.25, 0.3) is 0 Å². The maximum Gasteiger partial charge on any atom is 0.183 e. The summed E-state index contributed by atoms with van der Waals surface area (Å²) in [6, 6.07) is 6.18. The van der Waals surface area contributed by atoms with E-state index in [1.165, 1.54) is 11.1 Å². The average molecular weight is 313 g/mol. The number of ether oxygens (including phenoxy) is 1. The van der Waals surface area contributed by atoms with Crippen LogP contribution in [-0.4, -0.2) is 24.2 Å². The second-order valence-corrected chi connectivity index (χ2v) is 6.09. The first kappa shape index (κ1) is 11.4. The van der Waals surface area contributed by atoms with Crippen LogP contribution in [0.4, 0.5) is 5.13 Å². The Labute approximate surface area is 112 Å². The van der Waals surface area contributed by atoms with E-state index >= 15 is 0 Å². The average Bonchev–Trinajstić information content (AvgIpc) is 2.94. The highest BCUT2D eigenvalue weighted by Gasteiger charge is 2.15. The fraction of sp³-hybridized carbons (Fsp3) is 0.417. The van der Waals surface area contributed by atoms with Gasteiger partial charge in [-0.1, -0.05) is 27.3 Å². The summed E-state index contributed by atoms with van der Waals surface area (Å²) < 4.78 is 7.86. The van der Waals surface area contributed by atoms with Gasteiger partial charge in [-0.25, -0.2) is 4.98 Å². The number of nitrogens with zero attached hydrogens (tertiary/aromatic N) is 1. The van der Waals surface area contributed by atoms with Crippen molar-refractivity contribution >= 4 is 42.6 Å². The van der Waals surface area contributed by atoms with E-state index in [4.69, 9.17) is 4.74 Å². The molecule has 0 amide bonds. The van der Waals surface area contributed by atoms with Gasteiger partial charge in [-0.3, -0.25) is 0 Å². The Morgan fingerprint density at radius 3 is 3.29 bits per heavy atom.